The number of benzene rings is 2. The topological polar surface area (TPSA) is 92.9 Å². The first-order valence-corrected chi connectivity index (χ1v) is 10.1. The number of nitrogens with zero attached hydrogens (tertiary/aromatic N) is 1. The number of rotatable bonds is 7. The Bertz CT molecular complexity index is 1140. The lowest BCUT2D eigenvalue weighted by atomic mass is 10.2. The summed E-state index contributed by atoms with van der Waals surface area (Å²) in [6, 6.07) is 13.3. The average molecular weight is 481 g/mol. The highest BCUT2D eigenvalue weighted by atomic mass is 35.5. The van der Waals surface area contributed by atoms with E-state index in [2.05, 4.69) is 15.8 Å². The van der Waals surface area contributed by atoms with Crippen LogP contribution in [0.1, 0.15) is 33.4 Å². The number of nitrogens with one attached hydrogen (secondary N) is 2. The normalized spacial score (nSPS) is 10.8. The fourth-order valence-corrected chi connectivity index (χ4v) is 3.20. The molecule has 7 nitrogen and oxygen atoms in total. The van der Waals surface area contributed by atoms with Gasteiger partial charge < -0.3 is 14.5 Å². The Morgan fingerprint density at radius 2 is 1.90 bits per heavy atom. The van der Waals surface area contributed by atoms with Crippen molar-refractivity contribution in [2.24, 2.45) is 5.10 Å². The third kappa shape index (κ3) is 5.58. The first-order chi connectivity index (χ1) is 14.9. The number of carbonyl (C=O) groups is 2. The van der Waals surface area contributed by atoms with Gasteiger partial charge in [0.1, 0.15) is 10.6 Å². The van der Waals surface area contributed by atoms with Crippen molar-refractivity contribution in [1.29, 1.82) is 0 Å². The Morgan fingerprint density at radius 3 is 2.61 bits per heavy atom. The molecule has 3 rings (SSSR count). The van der Waals surface area contributed by atoms with E-state index in [4.69, 9.17) is 44.0 Å². The molecule has 0 fully saturated rings. The van der Waals surface area contributed by atoms with Gasteiger partial charge in [-0.25, -0.2) is 10.2 Å². The van der Waals surface area contributed by atoms with Gasteiger partial charge >= 0.3 is 5.97 Å². The molecule has 0 bridgehead atoms. The van der Waals surface area contributed by atoms with Crippen LogP contribution in [0.5, 0.6) is 0 Å². The van der Waals surface area contributed by atoms with Crippen LogP contribution >= 0.6 is 34.8 Å². The molecule has 0 spiro atoms. The van der Waals surface area contributed by atoms with Gasteiger partial charge in [0.15, 0.2) is 5.76 Å². The van der Waals surface area contributed by atoms with Crippen LogP contribution in [-0.4, -0.2) is 24.7 Å². The molecular formula is C21H16Cl3N3O4. The van der Waals surface area contributed by atoms with Crippen LogP contribution in [0, 0.1) is 0 Å². The maximum absolute atomic E-state index is 12.4. The lowest BCUT2D eigenvalue weighted by Gasteiger charge is -2.06. The molecule has 10 heteroatoms. The van der Waals surface area contributed by atoms with Gasteiger partial charge in [-0.15, -0.1) is 0 Å². The molecule has 0 radical (unpaired) electrons. The molecular weight excluding hydrogens is 465 g/mol. The zero-order chi connectivity index (χ0) is 22.4. The number of esters is 1. The van der Waals surface area contributed by atoms with Gasteiger partial charge in [0.25, 0.3) is 5.91 Å². The molecule has 2 N–H and O–H groups in total. The molecule has 0 saturated heterocycles. The lowest BCUT2D eigenvalue weighted by molar-refractivity contribution is 0.0527. The quantitative estimate of drug-likeness (QED) is 0.249. The zero-order valence-electron chi connectivity index (χ0n) is 16.1. The maximum atomic E-state index is 12.4. The second kappa shape index (κ2) is 10.3. The number of anilines is 2. The molecule has 0 aliphatic heterocycles. The minimum absolute atomic E-state index is 0.0117. The monoisotopic (exact) mass is 479 g/mol. The first-order valence-electron chi connectivity index (χ1n) is 9.00. The SMILES string of the molecule is CCOC(=O)c1c(Nc2cccc(Cl)c2)oc(/C=N\NC(=O)c2ccccc2Cl)c1Cl. The van der Waals surface area contributed by atoms with Gasteiger partial charge in [0.2, 0.25) is 5.88 Å². The molecule has 0 aliphatic rings. The Kier molecular flexibility index (Phi) is 7.57. The van der Waals surface area contributed by atoms with E-state index in [1.165, 1.54) is 6.21 Å². The summed E-state index contributed by atoms with van der Waals surface area (Å²) in [5.41, 5.74) is 3.14. The smallest absolute Gasteiger partial charge is 0.345 e. The molecule has 0 unspecified atom stereocenters. The van der Waals surface area contributed by atoms with Crippen molar-refractivity contribution in [3.05, 3.63) is 80.5 Å². The van der Waals surface area contributed by atoms with Crippen molar-refractivity contribution in [3.63, 3.8) is 0 Å². The molecule has 0 atom stereocenters. The largest absolute Gasteiger partial charge is 0.462 e. The second-order valence-electron chi connectivity index (χ2n) is 6.02. The summed E-state index contributed by atoms with van der Waals surface area (Å²) in [5, 5.41) is 7.52. The van der Waals surface area contributed by atoms with Crippen molar-refractivity contribution in [1.82, 2.24) is 5.43 Å². The van der Waals surface area contributed by atoms with E-state index in [-0.39, 0.29) is 39.4 Å². The molecule has 0 aliphatic carbocycles. The number of amides is 1. The minimum Gasteiger partial charge on any atom is -0.462 e. The van der Waals surface area contributed by atoms with E-state index in [1.54, 1.807) is 55.5 Å². The summed E-state index contributed by atoms with van der Waals surface area (Å²) < 4.78 is 10.7. The summed E-state index contributed by atoms with van der Waals surface area (Å²) >= 11 is 18.3. The van der Waals surface area contributed by atoms with E-state index in [0.29, 0.717) is 10.7 Å². The lowest BCUT2D eigenvalue weighted by Crippen LogP contribution is -2.17. The van der Waals surface area contributed by atoms with Gasteiger partial charge in [-0.3, -0.25) is 4.79 Å². The van der Waals surface area contributed by atoms with Crippen LogP contribution in [0.4, 0.5) is 11.6 Å². The van der Waals surface area contributed by atoms with Gasteiger partial charge in [0.05, 0.1) is 23.4 Å². The summed E-state index contributed by atoms with van der Waals surface area (Å²) in [5.74, 6) is -1.12. The Labute approximate surface area is 192 Å². The zero-order valence-corrected chi connectivity index (χ0v) is 18.4. The highest BCUT2D eigenvalue weighted by molar-refractivity contribution is 6.36. The third-order valence-electron chi connectivity index (χ3n) is 3.90. The van der Waals surface area contributed by atoms with Gasteiger partial charge in [0, 0.05) is 10.7 Å². The first kappa shape index (κ1) is 22.7. The van der Waals surface area contributed by atoms with Crippen molar-refractivity contribution < 1.29 is 18.7 Å². The molecule has 3 aromatic rings. The molecule has 2 aromatic carbocycles. The van der Waals surface area contributed by atoms with Crippen molar-refractivity contribution >= 4 is 64.5 Å². The van der Waals surface area contributed by atoms with Crippen molar-refractivity contribution in [2.75, 3.05) is 11.9 Å². The number of hydrogen-bond acceptors (Lipinski definition) is 6. The summed E-state index contributed by atoms with van der Waals surface area (Å²) in [4.78, 5) is 24.6. The predicted octanol–water partition coefficient (Wildman–Crippen LogP) is 5.92. The molecule has 160 valence electrons. The van der Waals surface area contributed by atoms with Gasteiger partial charge in [-0.1, -0.05) is 53.0 Å². The molecule has 1 aromatic heterocycles. The number of hydrazone groups is 1. The van der Waals surface area contributed by atoms with E-state index in [1.807, 2.05) is 0 Å². The fraction of sp³-hybridized carbons (Fsp3) is 0.0952. The van der Waals surface area contributed by atoms with E-state index >= 15 is 0 Å². The van der Waals surface area contributed by atoms with Crippen LogP contribution in [0.15, 0.2) is 58.0 Å². The number of carbonyl (C=O) groups excluding carboxylic acids is 2. The minimum atomic E-state index is -0.680. The van der Waals surface area contributed by atoms with E-state index in [9.17, 15) is 9.59 Å². The molecule has 0 saturated carbocycles. The number of hydrogen-bond donors (Lipinski definition) is 2. The predicted molar refractivity (Wildman–Crippen MR) is 121 cm³/mol. The Balaban J connectivity index is 1.86. The van der Waals surface area contributed by atoms with Crippen molar-refractivity contribution in [3.8, 4) is 0 Å². The Hall–Kier alpha value is -3.00. The van der Waals surface area contributed by atoms with E-state index < -0.39 is 11.9 Å². The van der Waals surface area contributed by atoms with Gasteiger partial charge in [-0.05, 0) is 37.3 Å². The molecule has 1 amide bonds. The Morgan fingerprint density at radius 1 is 1.13 bits per heavy atom. The third-order valence-corrected chi connectivity index (χ3v) is 4.84. The molecule has 31 heavy (non-hydrogen) atoms. The highest BCUT2D eigenvalue weighted by Crippen LogP contribution is 2.34. The van der Waals surface area contributed by atoms with Crippen LogP contribution in [0.25, 0.3) is 0 Å². The summed E-state index contributed by atoms with van der Waals surface area (Å²) in [6.45, 7) is 1.82. The standard InChI is InChI=1S/C21H16Cl3N3O4/c1-2-30-21(29)17-18(24)16(31-20(17)26-13-7-5-6-12(22)10-13)11-25-27-19(28)14-8-3-4-9-15(14)23/h3-11,26H,2H2,1H3,(H,27,28)/b25-11-. The number of halogens is 3. The van der Waals surface area contributed by atoms with Crippen LogP contribution in [0.2, 0.25) is 15.1 Å². The number of furan rings is 1. The summed E-state index contributed by atoms with van der Waals surface area (Å²) in [7, 11) is 0. The van der Waals surface area contributed by atoms with Crippen LogP contribution in [-0.2, 0) is 4.74 Å². The summed E-state index contributed by atoms with van der Waals surface area (Å²) in [6.07, 6.45) is 1.17. The fourth-order valence-electron chi connectivity index (χ4n) is 2.54. The van der Waals surface area contributed by atoms with Crippen molar-refractivity contribution in [2.45, 2.75) is 6.92 Å². The van der Waals surface area contributed by atoms with E-state index in [0.717, 1.165) is 0 Å². The average Bonchev–Trinajstić information content (AvgIpc) is 3.03. The van der Waals surface area contributed by atoms with Crippen LogP contribution < -0.4 is 10.7 Å². The van der Waals surface area contributed by atoms with Crippen LogP contribution in [0.3, 0.4) is 0 Å². The molecule has 1 heterocycles. The maximum Gasteiger partial charge on any atom is 0.345 e. The van der Waals surface area contributed by atoms with Gasteiger partial charge in [-0.2, -0.15) is 5.10 Å². The number of ether oxygens (including phenoxy) is 1. The highest BCUT2D eigenvalue weighted by Gasteiger charge is 2.25. The second-order valence-corrected chi connectivity index (χ2v) is 7.24.